The Morgan fingerprint density at radius 3 is 2.40 bits per heavy atom. The first kappa shape index (κ1) is 13.7. The van der Waals surface area contributed by atoms with Gasteiger partial charge < -0.3 is 0 Å². The van der Waals surface area contributed by atoms with Crippen LogP contribution in [-0.4, -0.2) is 5.91 Å². The lowest BCUT2D eigenvalue weighted by Crippen LogP contribution is -2.29. The summed E-state index contributed by atoms with van der Waals surface area (Å²) in [4.78, 5) is 22.5. The molecule has 0 spiro atoms. The Hall–Kier alpha value is -2.69. The highest BCUT2D eigenvalue weighted by Gasteiger charge is 2.07. The molecule has 0 aliphatic rings. The van der Waals surface area contributed by atoms with Crippen molar-refractivity contribution in [3.05, 3.63) is 64.1 Å². The number of carbonyl (C=O) groups is 1. The summed E-state index contributed by atoms with van der Waals surface area (Å²) in [7, 11) is 0. The molecule has 2 aromatic carbocycles. The summed E-state index contributed by atoms with van der Waals surface area (Å²) >= 11 is 0. The number of hydrogen-bond acceptors (Lipinski definition) is 4. The van der Waals surface area contributed by atoms with E-state index in [0.29, 0.717) is 11.3 Å². The van der Waals surface area contributed by atoms with Crippen molar-refractivity contribution in [2.45, 2.75) is 13.8 Å². The Labute approximate surface area is 117 Å². The third-order valence-electron chi connectivity index (χ3n) is 2.99. The number of nitrogens with one attached hydrogen (secondary N) is 2. The van der Waals surface area contributed by atoms with Gasteiger partial charge in [0.15, 0.2) is 0 Å². The lowest BCUT2D eigenvalue weighted by molar-refractivity contribution is 0.0962. The summed E-state index contributed by atoms with van der Waals surface area (Å²) in [6.07, 6.45) is 0. The molecule has 0 atom stereocenters. The van der Waals surface area contributed by atoms with Crippen molar-refractivity contribution in [2.75, 3.05) is 5.43 Å². The number of benzene rings is 2. The van der Waals surface area contributed by atoms with Gasteiger partial charge in [0.2, 0.25) is 0 Å². The molecule has 2 N–H and O–H groups in total. The fourth-order valence-corrected chi connectivity index (χ4v) is 1.82. The summed E-state index contributed by atoms with van der Waals surface area (Å²) in [5, 5.41) is 2.95. The number of nitrogens with zero attached hydrogens (tertiary/aromatic N) is 1. The monoisotopic (exact) mass is 269 g/mol. The van der Waals surface area contributed by atoms with Crippen molar-refractivity contribution in [3.63, 3.8) is 0 Å². The number of anilines is 1. The third-order valence-corrected chi connectivity index (χ3v) is 2.99. The molecule has 0 saturated carbocycles. The van der Waals surface area contributed by atoms with Crippen LogP contribution in [0.2, 0.25) is 0 Å². The normalized spacial score (nSPS) is 9.90. The standard InChI is InChI=1S/C15H15N3O2/c1-10-9-14(18-20)11(2)8-13(10)16-17-15(19)12-6-4-3-5-7-12/h3-9,16H,1-2H3,(H,17,19). The molecule has 5 nitrogen and oxygen atoms in total. The number of carbonyl (C=O) groups excluding carboxylic acids is 1. The maximum atomic E-state index is 11.9. The van der Waals surface area contributed by atoms with E-state index in [4.69, 9.17) is 0 Å². The van der Waals surface area contributed by atoms with Gasteiger partial charge in [0.1, 0.15) is 5.69 Å². The molecule has 0 unspecified atom stereocenters. The van der Waals surface area contributed by atoms with Gasteiger partial charge in [-0.2, -0.15) is 0 Å². The van der Waals surface area contributed by atoms with Crippen molar-refractivity contribution >= 4 is 17.3 Å². The van der Waals surface area contributed by atoms with Gasteiger partial charge in [0.25, 0.3) is 5.91 Å². The van der Waals surface area contributed by atoms with E-state index in [1.54, 1.807) is 43.3 Å². The van der Waals surface area contributed by atoms with Crippen LogP contribution in [0, 0.1) is 18.8 Å². The van der Waals surface area contributed by atoms with Gasteiger partial charge in [-0.25, -0.2) is 0 Å². The average Bonchev–Trinajstić information content (AvgIpc) is 2.48. The molecule has 2 aromatic rings. The lowest BCUT2D eigenvalue weighted by atomic mass is 10.1. The van der Waals surface area contributed by atoms with E-state index in [0.717, 1.165) is 16.8 Å². The van der Waals surface area contributed by atoms with E-state index in [9.17, 15) is 9.70 Å². The van der Waals surface area contributed by atoms with E-state index in [1.165, 1.54) is 0 Å². The molecule has 2 rings (SSSR count). The minimum absolute atomic E-state index is 0.222. The first-order chi connectivity index (χ1) is 9.61. The maximum Gasteiger partial charge on any atom is 0.269 e. The van der Waals surface area contributed by atoms with Crippen molar-refractivity contribution in [1.82, 2.24) is 5.43 Å². The number of nitroso groups, excluding NO2 is 1. The van der Waals surface area contributed by atoms with E-state index in [2.05, 4.69) is 16.0 Å². The third kappa shape index (κ3) is 3.00. The van der Waals surface area contributed by atoms with Gasteiger partial charge in [-0.05, 0) is 54.4 Å². The summed E-state index contributed by atoms with van der Waals surface area (Å²) < 4.78 is 0. The number of rotatable bonds is 4. The van der Waals surface area contributed by atoms with Gasteiger partial charge >= 0.3 is 0 Å². The molecule has 0 aliphatic heterocycles. The molecule has 102 valence electrons. The Bertz CT molecular complexity index is 639. The topological polar surface area (TPSA) is 70.6 Å². The van der Waals surface area contributed by atoms with Crippen LogP contribution < -0.4 is 10.9 Å². The predicted molar refractivity (Wildman–Crippen MR) is 78.9 cm³/mol. The maximum absolute atomic E-state index is 11.9. The molecule has 5 heteroatoms. The summed E-state index contributed by atoms with van der Waals surface area (Å²) in [6, 6.07) is 12.4. The molecule has 20 heavy (non-hydrogen) atoms. The first-order valence-electron chi connectivity index (χ1n) is 6.18. The quantitative estimate of drug-likeness (QED) is 0.659. The second kappa shape index (κ2) is 5.97. The fourth-order valence-electron chi connectivity index (χ4n) is 1.82. The Kier molecular flexibility index (Phi) is 4.10. The van der Waals surface area contributed by atoms with Crippen LogP contribution in [-0.2, 0) is 0 Å². The summed E-state index contributed by atoms with van der Waals surface area (Å²) in [5.74, 6) is -0.222. The Morgan fingerprint density at radius 1 is 1.05 bits per heavy atom. The van der Waals surface area contributed by atoms with Crippen LogP contribution in [0.5, 0.6) is 0 Å². The highest BCUT2D eigenvalue weighted by Crippen LogP contribution is 2.25. The number of hydrogen-bond donors (Lipinski definition) is 2. The van der Waals surface area contributed by atoms with Crippen molar-refractivity contribution in [2.24, 2.45) is 5.18 Å². The molecular weight excluding hydrogens is 254 g/mol. The molecule has 0 saturated heterocycles. The molecule has 0 aromatic heterocycles. The van der Waals surface area contributed by atoms with Gasteiger partial charge in [-0.1, -0.05) is 18.2 Å². The van der Waals surface area contributed by atoms with Gasteiger partial charge in [0.05, 0.1) is 5.69 Å². The minimum Gasteiger partial charge on any atom is -0.298 e. The highest BCUT2D eigenvalue weighted by atomic mass is 16.3. The van der Waals surface area contributed by atoms with Crippen LogP contribution in [0.15, 0.2) is 47.6 Å². The Balaban J connectivity index is 2.10. The van der Waals surface area contributed by atoms with Crippen LogP contribution in [0.25, 0.3) is 0 Å². The second-order valence-corrected chi connectivity index (χ2v) is 4.49. The zero-order valence-electron chi connectivity index (χ0n) is 11.3. The zero-order chi connectivity index (χ0) is 14.5. The van der Waals surface area contributed by atoms with E-state index < -0.39 is 0 Å². The molecule has 0 bridgehead atoms. The molecule has 1 amide bonds. The van der Waals surface area contributed by atoms with E-state index >= 15 is 0 Å². The molecular formula is C15H15N3O2. The van der Waals surface area contributed by atoms with Crippen molar-refractivity contribution in [3.8, 4) is 0 Å². The van der Waals surface area contributed by atoms with E-state index in [1.807, 2.05) is 13.0 Å². The Morgan fingerprint density at radius 2 is 1.75 bits per heavy atom. The SMILES string of the molecule is Cc1cc(NNC(=O)c2ccccc2)c(C)cc1N=O. The summed E-state index contributed by atoms with van der Waals surface area (Å²) in [6.45, 7) is 3.63. The zero-order valence-corrected chi connectivity index (χ0v) is 11.3. The first-order valence-corrected chi connectivity index (χ1v) is 6.18. The number of amides is 1. The fraction of sp³-hybridized carbons (Fsp3) is 0.133. The predicted octanol–water partition coefficient (Wildman–Crippen LogP) is 3.46. The van der Waals surface area contributed by atoms with Crippen molar-refractivity contribution in [1.29, 1.82) is 0 Å². The summed E-state index contributed by atoms with van der Waals surface area (Å²) in [5.41, 5.74) is 8.78. The molecule has 0 heterocycles. The van der Waals surface area contributed by atoms with Crippen LogP contribution in [0.3, 0.4) is 0 Å². The van der Waals surface area contributed by atoms with Crippen LogP contribution in [0.4, 0.5) is 11.4 Å². The molecule has 0 radical (unpaired) electrons. The lowest BCUT2D eigenvalue weighted by Gasteiger charge is -2.12. The van der Waals surface area contributed by atoms with Gasteiger partial charge in [0, 0.05) is 5.56 Å². The number of hydrazine groups is 1. The van der Waals surface area contributed by atoms with Crippen LogP contribution in [0.1, 0.15) is 21.5 Å². The largest absolute Gasteiger partial charge is 0.298 e. The molecule has 0 aliphatic carbocycles. The van der Waals surface area contributed by atoms with Crippen molar-refractivity contribution < 1.29 is 4.79 Å². The number of aryl methyl sites for hydroxylation is 2. The van der Waals surface area contributed by atoms with Crippen LogP contribution >= 0.6 is 0 Å². The van der Waals surface area contributed by atoms with Gasteiger partial charge in [-0.3, -0.25) is 15.6 Å². The van der Waals surface area contributed by atoms with Gasteiger partial charge in [-0.15, -0.1) is 4.91 Å². The average molecular weight is 269 g/mol. The second-order valence-electron chi connectivity index (χ2n) is 4.49. The highest BCUT2D eigenvalue weighted by molar-refractivity contribution is 5.94. The minimum atomic E-state index is -0.222. The molecule has 0 fully saturated rings. The smallest absolute Gasteiger partial charge is 0.269 e. The van der Waals surface area contributed by atoms with E-state index in [-0.39, 0.29) is 5.91 Å².